The molecule has 1 aromatic heterocycles. The summed E-state index contributed by atoms with van der Waals surface area (Å²) in [4.78, 5) is 3.90. The summed E-state index contributed by atoms with van der Waals surface area (Å²) in [6.45, 7) is 6.49. The van der Waals surface area contributed by atoms with Crippen LogP contribution in [0.5, 0.6) is 0 Å². The van der Waals surface area contributed by atoms with Gasteiger partial charge in [-0.15, -0.1) is 11.3 Å². The van der Waals surface area contributed by atoms with Gasteiger partial charge in [-0.2, -0.15) is 0 Å². The van der Waals surface area contributed by atoms with Gasteiger partial charge >= 0.3 is 0 Å². The molecular formula is C13H21ClN2S. The van der Waals surface area contributed by atoms with E-state index >= 15 is 0 Å². The molecule has 0 aliphatic carbocycles. The molecule has 1 fully saturated rings. The summed E-state index contributed by atoms with van der Waals surface area (Å²) < 4.78 is 0.876. The first-order valence-corrected chi connectivity index (χ1v) is 7.54. The average molecular weight is 273 g/mol. The fraction of sp³-hybridized carbons (Fsp3) is 0.692. The number of piperidine rings is 1. The minimum absolute atomic E-state index is 0.434. The summed E-state index contributed by atoms with van der Waals surface area (Å²) in [6.07, 6.45) is 2.58. The van der Waals surface area contributed by atoms with Crippen LogP contribution in [0, 0.1) is 5.92 Å². The quantitative estimate of drug-likeness (QED) is 0.912. The molecule has 0 amide bonds. The molecule has 1 aliphatic rings. The second kappa shape index (κ2) is 5.70. The highest BCUT2D eigenvalue weighted by Crippen LogP contribution is 2.35. The summed E-state index contributed by atoms with van der Waals surface area (Å²) in [7, 11) is 0. The van der Waals surface area contributed by atoms with Crippen LogP contribution in [0.25, 0.3) is 0 Å². The molecule has 0 bridgehead atoms. The molecule has 2 rings (SSSR count). The first kappa shape index (κ1) is 13.3. The van der Waals surface area contributed by atoms with E-state index in [1.807, 2.05) is 6.07 Å². The van der Waals surface area contributed by atoms with Crippen molar-refractivity contribution >= 4 is 22.9 Å². The van der Waals surface area contributed by atoms with Crippen LogP contribution in [-0.4, -0.2) is 24.0 Å². The van der Waals surface area contributed by atoms with Crippen molar-refractivity contribution < 1.29 is 0 Å². The van der Waals surface area contributed by atoms with Gasteiger partial charge in [0.05, 0.1) is 4.34 Å². The Morgan fingerprint density at radius 2 is 2.35 bits per heavy atom. The van der Waals surface area contributed by atoms with Crippen molar-refractivity contribution in [2.45, 2.75) is 38.8 Å². The number of halogens is 1. The van der Waals surface area contributed by atoms with Gasteiger partial charge in [0.25, 0.3) is 0 Å². The van der Waals surface area contributed by atoms with Crippen LogP contribution in [0.3, 0.4) is 0 Å². The van der Waals surface area contributed by atoms with Crippen molar-refractivity contribution in [3.8, 4) is 0 Å². The van der Waals surface area contributed by atoms with Crippen LogP contribution in [-0.2, 0) is 0 Å². The normalized spacial score (nSPS) is 28.2. The predicted molar refractivity (Wildman–Crippen MR) is 75.7 cm³/mol. The maximum Gasteiger partial charge on any atom is 0.0931 e. The molecule has 0 radical (unpaired) electrons. The van der Waals surface area contributed by atoms with Crippen molar-refractivity contribution in [3.63, 3.8) is 0 Å². The van der Waals surface area contributed by atoms with Crippen molar-refractivity contribution in [2.75, 3.05) is 13.1 Å². The number of likely N-dealkylation sites (tertiary alicyclic amines) is 1. The van der Waals surface area contributed by atoms with Crippen LogP contribution in [0.1, 0.15) is 37.6 Å². The molecule has 1 saturated heterocycles. The second-order valence-corrected chi connectivity index (χ2v) is 6.72. The van der Waals surface area contributed by atoms with Crippen molar-refractivity contribution in [3.05, 3.63) is 21.3 Å². The topological polar surface area (TPSA) is 29.3 Å². The molecule has 0 saturated carbocycles. The van der Waals surface area contributed by atoms with E-state index in [1.165, 1.54) is 17.7 Å². The Labute approximate surface area is 113 Å². The van der Waals surface area contributed by atoms with Gasteiger partial charge in [0.2, 0.25) is 0 Å². The number of hydrogen-bond donors (Lipinski definition) is 1. The summed E-state index contributed by atoms with van der Waals surface area (Å²) >= 11 is 7.70. The monoisotopic (exact) mass is 272 g/mol. The van der Waals surface area contributed by atoms with Crippen LogP contribution >= 0.6 is 22.9 Å². The smallest absolute Gasteiger partial charge is 0.0931 e. The third-order valence-electron chi connectivity index (χ3n) is 3.90. The third kappa shape index (κ3) is 2.84. The van der Waals surface area contributed by atoms with E-state index in [-0.39, 0.29) is 0 Å². The van der Waals surface area contributed by atoms with E-state index in [2.05, 4.69) is 24.8 Å². The lowest BCUT2D eigenvalue weighted by Gasteiger charge is -2.42. The molecular weight excluding hydrogens is 252 g/mol. The molecule has 3 unspecified atom stereocenters. The van der Waals surface area contributed by atoms with E-state index in [1.54, 1.807) is 11.3 Å². The SMILES string of the molecule is CC1CCCN(C(C)c2ccc(Cl)s2)C1CN. The highest BCUT2D eigenvalue weighted by molar-refractivity contribution is 7.16. The van der Waals surface area contributed by atoms with E-state index in [0.29, 0.717) is 18.0 Å². The predicted octanol–water partition coefficient (Wildman–Crippen LogP) is 3.52. The van der Waals surface area contributed by atoms with Crippen LogP contribution in [0.4, 0.5) is 0 Å². The van der Waals surface area contributed by atoms with E-state index < -0.39 is 0 Å². The first-order chi connectivity index (χ1) is 8.13. The molecule has 2 heterocycles. The Morgan fingerprint density at radius 1 is 1.59 bits per heavy atom. The molecule has 2 nitrogen and oxygen atoms in total. The van der Waals surface area contributed by atoms with Gasteiger partial charge in [-0.05, 0) is 44.4 Å². The van der Waals surface area contributed by atoms with Crippen LogP contribution in [0.15, 0.2) is 12.1 Å². The molecule has 0 aromatic carbocycles. The average Bonchev–Trinajstić information content (AvgIpc) is 2.74. The van der Waals surface area contributed by atoms with E-state index in [0.717, 1.165) is 17.4 Å². The third-order valence-corrected chi connectivity index (χ3v) is 5.30. The molecule has 0 spiro atoms. The maximum absolute atomic E-state index is 6.02. The van der Waals surface area contributed by atoms with Crippen LogP contribution in [0.2, 0.25) is 4.34 Å². The van der Waals surface area contributed by atoms with Crippen molar-refractivity contribution in [2.24, 2.45) is 11.7 Å². The second-order valence-electron chi connectivity index (χ2n) is 4.98. The molecule has 4 heteroatoms. The number of nitrogens with zero attached hydrogens (tertiary/aromatic N) is 1. The Balaban J connectivity index is 2.14. The summed E-state index contributed by atoms with van der Waals surface area (Å²) in [5.41, 5.74) is 5.94. The zero-order valence-electron chi connectivity index (χ0n) is 10.5. The lowest BCUT2D eigenvalue weighted by atomic mass is 9.89. The zero-order valence-corrected chi connectivity index (χ0v) is 12.1. The lowest BCUT2D eigenvalue weighted by Crippen LogP contribution is -2.49. The number of thiophene rings is 1. The Kier molecular flexibility index (Phi) is 4.47. The van der Waals surface area contributed by atoms with Gasteiger partial charge < -0.3 is 5.73 Å². The maximum atomic E-state index is 6.02. The van der Waals surface area contributed by atoms with Gasteiger partial charge in [0.15, 0.2) is 0 Å². The van der Waals surface area contributed by atoms with Gasteiger partial charge in [-0.1, -0.05) is 18.5 Å². The molecule has 96 valence electrons. The standard InChI is InChI=1S/C13H21ClN2S/c1-9-4-3-7-16(11(9)8-15)10(2)12-5-6-13(14)17-12/h5-6,9-11H,3-4,7-8,15H2,1-2H3. The number of rotatable bonds is 3. The molecule has 1 aromatic rings. The van der Waals surface area contributed by atoms with Crippen molar-refractivity contribution in [1.82, 2.24) is 4.90 Å². The van der Waals surface area contributed by atoms with Crippen LogP contribution < -0.4 is 5.73 Å². The molecule has 2 N–H and O–H groups in total. The summed E-state index contributed by atoms with van der Waals surface area (Å²) in [5.74, 6) is 0.701. The lowest BCUT2D eigenvalue weighted by molar-refractivity contribution is 0.0703. The van der Waals surface area contributed by atoms with Gasteiger partial charge in [-0.25, -0.2) is 0 Å². The molecule has 3 atom stereocenters. The van der Waals surface area contributed by atoms with Gasteiger partial charge in [-0.3, -0.25) is 4.90 Å². The van der Waals surface area contributed by atoms with Crippen molar-refractivity contribution in [1.29, 1.82) is 0 Å². The molecule has 17 heavy (non-hydrogen) atoms. The first-order valence-electron chi connectivity index (χ1n) is 6.34. The van der Waals surface area contributed by atoms with Gasteiger partial charge in [0, 0.05) is 23.5 Å². The molecule has 1 aliphatic heterocycles. The summed E-state index contributed by atoms with van der Waals surface area (Å²) in [6, 6.07) is 5.08. The summed E-state index contributed by atoms with van der Waals surface area (Å²) in [5, 5.41) is 0. The highest BCUT2D eigenvalue weighted by atomic mass is 35.5. The Bertz CT molecular complexity index is 366. The fourth-order valence-electron chi connectivity index (χ4n) is 2.85. The van der Waals surface area contributed by atoms with E-state index in [4.69, 9.17) is 17.3 Å². The number of nitrogens with two attached hydrogens (primary N) is 1. The minimum atomic E-state index is 0.434. The Morgan fingerprint density at radius 3 is 2.94 bits per heavy atom. The van der Waals surface area contributed by atoms with E-state index in [9.17, 15) is 0 Å². The van der Waals surface area contributed by atoms with Gasteiger partial charge in [0.1, 0.15) is 0 Å². The number of hydrogen-bond acceptors (Lipinski definition) is 3. The minimum Gasteiger partial charge on any atom is -0.329 e. The largest absolute Gasteiger partial charge is 0.329 e. The highest BCUT2D eigenvalue weighted by Gasteiger charge is 2.31. The fourth-order valence-corrected chi connectivity index (χ4v) is 3.98. The zero-order chi connectivity index (χ0) is 12.4. The Hall–Kier alpha value is -0.0900.